The van der Waals surface area contributed by atoms with Crippen molar-refractivity contribution in [2.45, 2.75) is 26.1 Å². The van der Waals surface area contributed by atoms with Crippen molar-refractivity contribution in [3.63, 3.8) is 0 Å². The van der Waals surface area contributed by atoms with Crippen molar-refractivity contribution < 1.29 is 9.47 Å². The van der Waals surface area contributed by atoms with E-state index in [2.05, 4.69) is 83.5 Å². The molecule has 0 radical (unpaired) electrons. The summed E-state index contributed by atoms with van der Waals surface area (Å²) >= 11 is 0. The maximum absolute atomic E-state index is 6.27. The van der Waals surface area contributed by atoms with Crippen LogP contribution in [0.4, 0.5) is 0 Å². The van der Waals surface area contributed by atoms with Gasteiger partial charge in [0.05, 0.1) is 17.1 Å². The van der Waals surface area contributed by atoms with Crippen LogP contribution in [0.2, 0.25) is 0 Å². The minimum atomic E-state index is -0.0523. The highest BCUT2D eigenvalue weighted by atomic mass is 16.5. The normalized spacial score (nSPS) is 16.9. The number of benzene rings is 3. The van der Waals surface area contributed by atoms with Crippen LogP contribution in [0.15, 0.2) is 66.7 Å². The van der Waals surface area contributed by atoms with Gasteiger partial charge in [-0.3, -0.25) is 5.32 Å². The average Bonchev–Trinajstić information content (AvgIpc) is 3.07. The van der Waals surface area contributed by atoms with E-state index < -0.39 is 0 Å². The third kappa shape index (κ3) is 2.64. The van der Waals surface area contributed by atoms with Crippen LogP contribution in [0.5, 0.6) is 11.5 Å². The van der Waals surface area contributed by atoms with Crippen molar-refractivity contribution in [3.05, 3.63) is 72.3 Å². The third-order valence-corrected chi connectivity index (χ3v) is 5.46. The largest absolute Gasteiger partial charge is 0.489 e. The number of para-hydroxylation sites is 1. The van der Waals surface area contributed by atoms with Gasteiger partial charge in [0, 0.05) is 10.8 Å². The van der Waals surface area contributed by atoms with Gasteiger partial charge in [0.1, 0.15) is 24.3 Å². The first kappa shape index (κ1) is 17.1. The monoisotopic (exact) mass is 372 g/mol. The second-order valence-corrected chi connectivity index (χ2v) is 7.23. The minimum absolute atomic E-state index is 0.0523. The molecule has 28 heavy (non-hydrogen) atoms. The molecule has 2 atom stereocenters. The SMILES string of the molecule is CCNC(C)Oc1cccc2c1c1cccc3c1n2C(c1ccccc1)CO3. The standard InChI is InChI=1S/C24H24N2O2/c1-3-25-16(2)28-21-13-8-12-19-23(21)18-11-7-14-22-24(18)26(19)20(15-27-22)17-9-5-4-6-10-17/h4-14,16,20,25H,3,15H2,1-2H3. The molecule has 0 saturated heterocycles. The fraction of sp³-hybridized carbons (Fsp3) is 0.250. The highest BCUT2D eigenvalue weighted by Gasteiger charge is 2.28. The molecule has 0 fully saturated rings. The molecule has 4 aromatic rings. The molecule has 5 rings (SSSR count). The fourth-order valence-corrected chi connectivity index (χ4v) is 4.31. The molecule has 3 aromatic carbocycles. The topological polar surface area (TPSA) is 35.4 Å². The van der Waals surface area contributed by atoms with E-state index in [0.29, 0.717) is 6.61 Å². The van der Waals surface area contributed by atoms with Crippen molar-refractivity contribution >= 4 is 21.8 Å². The van der Waals surface area contributed by atoms with Gasteiger partial charge >= 0.3 is 0 Å². The summed E-state index contributed by atoms with van der Waals surface area (Å²) in [4.78, 5) is 0. The van der Waals surface area contributed by atoms with Crippen LogP contribution in [0.1, 0.15) is 25.5 Å². The lowest BCUT2D eigenvalue weighted by Gasteiger charge is -2.27. The molecule has 1 aliphatic heterocycles. The Morgan fingerprint density at radius 1 is 1.07 bits per heavy atom. The number of ether oxygens (including phenoxy) is 2. The van der Waals surface area contributed by atoms with Gasteiger partial charge in [-0.25, -0.2) is 0 Å². The van der Waals surface area contributed by atoms with E-state index in [1.165, 1.54) is 16.5 Å². The molecule has 1 aliphatic rings. The maximum Gasteiger partial charge on any atom is 0.147 e. The number of nitrogens with zero attached hydrogens (tertiary/aromatic N) is 1. The summed E-state index contributed by atoms with van der Waals surface area (Å²) in [5.74, 6) is 1.84. The summed E-state index contributed by atoms with van der Waals surface area (Å²) in [6.45, 7) is 5.62. The molecule has 0 bridgehead atoms. The Balaban J connectivity index is 1.77. The van der Waals surface area contributed by atoms with Crippen LogP contribution in [0.25, 0.3) is 21.8 Å². The second kappa shape index (κ2) is 6.88. The summed E-state index contributed by atoms with van der Waals surface area (Å²) in [5, 5.41) is 5.65. The van der Waals surface area contributed by atoms with E-state index in [1.54, 1.807) is 0 Å². The Kier molecular flexibility index (Phi) is 4.21. The molecule has 2 unspecified atom stereocenters. The van der Waals surface area contributed by atoms with Gasteiger partial charge in [-0.05, 0) is 37.2 Å². The zero-order valence-corrected chi connectivity index (χ0v) is 16.2. The average molecular weight is 372 g/mol. The molecule has 4 heteroatoms. The zero-order valence-electron chi connectivity index (χ0n) is 16.2. The van der Waals surface area contributed by atoms with E-state index in [0.717, 1.165) is 28.9 Å². The summed E-state index contributed by atoms with van der Waals surface area (Å²) < 4.78 is 14.9. The smallest absolute Gasteiger partial charge is 0.147 e. The van der Waals surface area contributed by atoms with Crippen LogP contribution in [-0.2, 0) is 0 Å². The van der Waals surface area contributed by atoms with Crippen molar-refractivity contribution in [3.8, 4) is 11.5 Å². The van der Waals surface area contributed by atoms with Gasteiger partial charge in [0.25, 0.3) is 0 Å². The number of hydrogen-bond acceptors (Lipinski definition) is 3. The molecule has 1 N–H and O–H groups in total. The first-order valence-corrected chi connectivity index (χ1v) is 9.91. The number of fused-ring (bicyclic) bond motifs is 3. The minimum Gasteiger partial charge on any atom is -0.489 e. The lowest BCUT2D eigenvalue weighted by Crippen LogP contribution is -2.31. The lowest BCUT2D eigenvalue weighted by atomic mass is 10.1. The zero-order chi connectivity index (χ0) is 19.1. The number of hydrogen-bond donors (Lipinski definition) is 1. The van der Waals surface area contributed by atoms with Crippen LogP contribution < -0.4 is 14.8 Å². The molecule has 4 nitrogen and oxygen atoms in total. The van der Waals surface area contributed by atoms with Gasteiger partial charge in [-0.2, -0.15) is 0 Å². The Bertz CT molecular complexity index is 1130. The van der Waals surface area contributed by atoms with Crippen LogP contribution in [0, 0.1) is 0 Å². The van der Waals surface area contributed by atoms with Crippen molar-refractivity contribution in [1.82, 2.24) is 9.88 Å². The summed E-state index contributed by atoms with van der Waals surface area (Å²) in [7, 11) is 0. The summed E-state index contributed by atoms with van der Waals surface area (Å²) in [6, 6.07) is 23.3. The van der Waals surface area contributed by atoms with Crippen LogP contribution in [0.3, 0.4) is 0 Å². The van der Waals surface area contributed by atoms with Gasteiger partial charge in [0.2, 0.25) is 0 Å². The Morgan fingerprint density at radius 2 is 1.89 bits per heavy atom. The van der Waals surface area contributed by atoms with Gasteiger partial charge in [0.15, 0.2) is 0 Å². The van der Waals surface area contributed by atoms with E-state index in [1.807, 2.05) is 6.92 Å². The summed E-state index contributed by atoms with van der Waals surface area (Å²) in [6.07, 6.45) is -0.0523. The molecule has 2 heterocycles. The molecule has 1 aromatic heterocycles. The van der Waals surface area contributed by atoms with Gasteiger partial charge < -0.3 is 14.0 Å². The van der Waals surface area contributed by atoms with Gasteiger partial charge in [-0.15, -0.1) is 0 Å². The fourth-order valence-electron chi connectivity index (χ4n) is 4.31. The molecule has 0 saturated carbocycles. The Labute approximate surface area is 164 Å². The molecule has 142 valence electrons. The molecule has 0 aliphatic carbocycles. The van der Waals surface area contributed by atoms with Crippen molar-refractivity contribution in [1.29, 1.82) is 0 Å². The molecular formula is C24H24N2O2. The third-order valence-electron chi connectivity index (χ3n) is 5.46. The highest BCUT2D eigenvalue weighted by molar-refractivity contribution is 6.13. The molecule has 0 amide bonds. The lowest BCUT2D eigenvalue weighted by molar-refractivity contribution is 0.188. The van der Waals surface area contributed by atoms with Gasteiger partial charge in [-0.1, -0.05) is 55.5 Å². The Morgan fingerprint density at radius 3 is 2.71 bits per heavy atom. The second-order valence-electron chi connectivity index (χ2n) is 7.23. The van der Waals surface area contributed by atoms with Crippen molar-refractivity contribution in [2.24, 2.45) is 0 Å². The first-order chi connectivity index (χ1) is 13.8. The molecular weight excluding hydrogens is 348 g/mol. The number of rotatable bonds is 5. The van der Waals surface area contributed by atoms with E-state index in [9.17, 15) is 0 Å². The van der Waals surface area contributed by atoms with E-state index >= 15 is 0 Å². The Hall–Kier alpha value is -2.98. The summed E-state index contributed by atoms with van der Waals surface area (Å²) in [5.41, 5.74) is 3.58. The predicted molar refractivity (Wildman–Crippen MR) is 113 cm³/mol. The van der Waals surface area contributed by atoms with Crippen LogP contribution >= 0.6 is 0 Å². The maximum atomic E-state index is 6.27. The van der Waals surface area contributed by atoms with E-state index in [4.69, 9.17) is 9.47 Å². The number of nitrogens with one attached hydrogen (secondary N) is 1. The predicted octanol–water partition coefficient (Wildman–Crippen LogP) is 5.11. The number of aromatic nitrogens is 1. The molecule has 0 spiro atoms. The van der Waals surface area contributed by atoms with Crippen LogP contribution in [-0.4, -0.2) is 23.9 Å². The van der Waals surface area contributed by atoms with E-state index in [-0.39, 0.29) is 12.3 Å². The quantitative estimate of drug-likeness (QED) is 0.495. The first-order valence-electron chi connectivity index (χ1n) is 9.91. The highest BCUT2D eigenvalue weighted by Crippen LogP contribution is 2.44. The van der Waals surface area contributed by atoms with Crippen molar-refractivity contribution in [2.75, 3.05) is 13.2 Å².